The molecule has 14 heavy (non-hydrogen) atoms. The molecule has 0 aromatic carbocycles. The summed E-state index contributed by atoms with van der Waals surface area (Å²) < 4.78 is 5.32. The minimum Gasteiger partial charge on any atom is -0.382 e. The monoisotopic (exact) mass is 199 g/mol. The SMILES string of the molecule is C=CC(C)(CCCOCC)CNCC. The zero-order valence-corrected chi connectivity index (χ0v) is 9.94. The van der Waals surface area contributed by atoms with Crippen LogP contribution in [-0.4, -0.2) is 26.3 Å². The first-order valence-corrected chi connectivity index (χ1v) is 5.60. The highest BCUT2D eigenvalue weighted by Crippen LogP contribution is 2.23. The molecule has 0 amide bonds. The van der Waals surface area contributed by atoms with Crippen molar-refractivity contribution in [2.45, 2.75) is 33.6 Å². The number of hydrogen-bond acceptors (Lipinski definition) is 2. The van der Waals surface area contributed by atoms with Crippen LogP contribution in [0.15, 0.2) is 12.7 Å². The molecule has 0 fully saturated rings. The van der Waals surface area contributed by atoms with Crippen molar-refractivity contribution in [3.63, 3.8) is 0 Å². The fourth-order valence-electron chi connectivity index (χ4n) is 1.40. The lowest BCUT2D eigenvalue weighted by molar-refractivity contribution is 0.135. The highest BCUT2D eigenvalue weighted by atomic mass is 16.5. The maximum Gasteiger partial charge on any atom is 0.0466 e. The third kappa shape index (κ3) is 6.17. The summed E-state index contributed by atoms with van der Waals surface area (Å²) >= 11 is 0. The minimum absolute atomic E-state index is 0.215. The van der Waals surface area contributed by atoms with E-state index in [0.717, 1.165) is 39.1 Å². The molecule has 1 N–H and O–H groups in total. The quantitative estimate of drug-likeness (QED) is 0.455. The Morgan fingerprint density at radius 2 is 2.14 bits per heavy atom. The largest absolute Gasteiger partial charge is 0.382 e. The summed E-state index contributed by atoms with van der Waals surface area (Å²) in [6.07, 6.45) is 4.31. The highest BCUT2D eigenvalue weighted by molar-refractivity contribution is 4.92. The zero-order valence-electron chi connectivity index (χ0n) is 9.94. The fourth-order valence-corrected chi connectivity index (χ4v) is 1.40. The van der Waals surface area contributed by atoms with Crippen LogP contribution in [-0.2, 0) is 4.74 Å². The second-order valence-corrected chi connectivity index (χ2v) is 3.94. The summed E-state index contributed by atoms with van der Waals surface area (Å²) in [6, 6.07) is 0. The van der Waals surface area contributed by atoms with Crippen LogP contribution in [0.25, 0.3) is 0 Å². The third-order valence-corrected chi connectivity index (χ3v) is 2.51. The van der Waals surface area contributed by atoms with E-state index in [4.69, 9.17) is 4.74 Å². The lowest BCUT2D eigenvalue weighted by Crippen LogP contribution is -2.30. The Morgan fingerprint density at radius 1 is 1.43 bits per heavy atom. The van der Waals surface area contributed by atoms with Crippen molar-refractivity contribution in [1.29, 1.82) is 0 Å². The molecule has 0 rings (SSSR count). The van der Waals surface area contributed by atoms with Crippen LogP contribution < -0.4 is 5.32 Å². The average molecular weight is 199 g/mol. The maximum atomic E-state index is 5.32. The van der Waals surface area contributed by atoms with Gasteiger partial charge in [-0.1, -0.05) is 19.9 Å². The van der Waals surface area contributed by atoms with E-state index in [2.05, 4.69) is 31.8 Å². The van der Waals surface area contributed by atoms with Gasteiger partial charge in [-0.2, -0.15) is 0 Å². The first kappa shape index (κ1) is 13.7. The molecule has 1 unspecified atom stereocenters. The van der Waals surface area contributed by atoms with E-state index in [9.17, 15) is 0 Å². The Kier molecular flexibility index (Phi) is 7.81. The molecule has 0 saturated carbocycles. The smallest absolute Gasteiger partial charge is 0.0466 e. The van der Waals surface area contributed by atoms with Gasteiger partial charge in [0, 0.05) is 19.8 Å². The topological polar surface area (TPSA) is 21.3 Å². The van der Waals surface area contributed by atoms with Crippen molar-refractivity contribution >= 4 is 0 Å². The van der Waals surface area contributed by atoms with Gasteiger partial charge >= 0.3 is 0 Å². The molecule has 0 aliphatic rings. The second-order valence-electron chi connectivity index (χ2n) is 3.94. The van der Waals surface area contributed by atoms with E-state index < -0.39 is 0 Å². The van der Waals surface area contributed by atoms with Gasteiger partial charge in [0.1, 0.15) is 0 Å². The van der Waals surface area contributed by atoms with Crippen molar-refractivity contribution in [2.24, 2.45) is 5.41 Å². The number of rotatable bonds is 9. The Labute approximate surface area is 88.7 Å². The van der Waals surface area contributed by atoms with E-state index >= 15 is 0 Å². The Bertz CT molecular complexity index is 147. The standard InChI is InChI=1S/C12H25NO/c1-5-12(4,11-13-6-2)9-8-10-14-7-3/h5,13H,1,6-11H2,2-4H3. The first-order chi connectivity index (χ1) is 6.68. The van der Waals surface area contributed by atoms with Crippen LogP contribution in [0.5, 0.6) is 0 Å². The fraction of sp³-hybridized carbons (Fsp3) is 0.833. The normalized spacial score (nSPS) is 15.1. The molecule has 0 heterocycles. The average Bonchev–Trinajstić information content (AvgIpc) is 2.22. The van der Waals surface area contributed by atoms with Gasteiger partial charge < -0.3 is 10.1 Å². The molecular weight excluding hydrogens is 174 g/mol. The van der Waals surface area contributed by atoms with Crippen molar-refractivity contribution in [2.75, 3.05) is 26.3 Å². The van der Waals surface area contributed by atoms with Gasteiger partial charge in [-0.3, -0.25) is 0 Å². The molecule has 1 atom stereocenters. The molecule has 2 heteroatoms. The van der Waals surface area contributed by atoms with Gasteiger partial charge in [0.2, 0.25) is 0 Å². The Balaban J connectivity index is 3.68. The van der Waals surface area contributed by atoms with Crippen molar-refractivity contribution < 1.29 is 4.74 Å². The molecule has 0 aromatic heterocycles. The zero-order chi connectivity index (χ0) is 10.9. The summed E-state index contributed by atoms with van der Waals surface area (Å²) in [5.74, 6) is 0. The third-order valence-electron chi connectivity index (χ3n) is 2.51. The number of nitrogens with one attached hydrogen (secondary N) is 1. The lowest BCUT2D eigenvalue weighted by Gasteiger charge is -2.25. The molecule has 0 aromatic rings. The molecule has 0 radical (unpaired) electrons. The van der Waals surface area contributed by atoms with Crippen LogP contribution in [0, 0.1) is 5.41 Å². The first-order valence-electron chi connectivity index (χ1n) is 5.60. The van der Waals surface area contributed by atoms with Crippen LogP contribution in [0.3, 0.4) is 0 Å². The van der Waals surface area contributed by atoms with Crippen molar-refractivity contribution in [1.82, 2.24) is 5.32 Å². The van der Waals surface area contributed by atoms with Crippen LogP contribution >= 0.6 is 0 Å². The number of ether oxygens (including phenoxy) is 1. The lowest BCUT2D eigenvalue weighted by atomic mass is 9.85. The Morgan fingerprint density at radius 3 is 2.64 bits per heavy atom. The molecule has 0 spiro atoms. The van der Waals surface area contributed by atoms with Gasteiger partial charge in [-0.05, 0) is 31.7 Å². The molecule has 84 valence electrons. The van der Waals surface area contributed by atoms with Crippen LogP contribution in [0.2, 0.25) is 0 Å². The van der Waals surface area contributed by atoms with Crippen LogP contribution in [0.1, 0.15) is 33.6 Å². The van der Waals surface area contributed by atoms with Gasteiger partial charge in [0.25, 0.3) is 0 Å². The van der Waals surface area contributed by atoms with Crippen LogP contribution in [0.4, 0.5) is 0 Å². The van der Waals surface area contributed by atoms with Crippen molar-refractivity contribution in [3.05, 3.63) is 12.7 Å². The minimum atomic E-state index is 0.215. The van der Waals surface area contributed by atoms with E-state index in [-0.39, 0.29) is 5.41 Å². The second kappa shape index (κ2) is 8.01. The van der Waals surface area contributed by atoms with E-state index in [1.807, 2.05) is 6.92 Å². The van der Waals surface area contributed by atoms with Gasteiger partial charge in [-0.15, -0.1) is 6.58 Å². The van der Waals surface area contributed by atoms with E-state index in [1.54, 1.807) is 0 Å². The molecule has 0 aliphatic heterocycles. The predicted octanol–water partition coefficient (Wildman–Crippen LogP) is 2.60. The molecule has 0 bridgehead atoms. The molecule has 2 nitrogen and oxygen atoms in total. The van der Waals surface area contributed by atoms with E-state index in [0.29, 0.717) is 0 Å². The molecule has 0 saturated heterocycles. The predicted molar refractivity (Wildman–Crippen MR) is 62.6 cm³/mol. The van der Waals surface area contributed by atoms with E-state index in [1.165, 1.54) is 0 Å². The molecule has 0 aliphatic carbocycles. The van der Waals surface area contributed by atoms with Gasteiger partial charge in [0.05, 0.1) is 0 Å². The summed E-state index contributed by atoms with van der Waals surface area (Å²) in [5.41, 5.74) is 0.215. The van der Waals surface area contributed by atoms with Gasteiger partial charge in [0.15, 0.2) is 0 Å². The number of hydrogen-bond donors (Lipinski definition) is 1. The van der Waals surface area contributed by atoms with Crippen molar-refractivity contribution in [3.8, 4) is 0 Å². The van der Waals surface area contributed by atoms with Gasteiger partial charge in [-0.25, -0.2) is 0 Å². The summed E-state index contributed by atoms with van der Waals surface area (Å²) in [6.45, 7) is 14.0. The highest BCUT2D eigenvalue weighted by Gasteiger charge is 2.18. The summed E-state index contributed by atoms with van der Waals surface area (Å²) in [7, 11) is 0. The Hall–Kier alpha value is -0.340. The molecular formula is C12H25NO. The summed E-state index contributed by atoms with van der Waals surface area (Å²) in [4.78, 5) is 0. The summed E-state index contributed by atoms with van der Waals surface area (Å²) in [5, 5.41) is 3.37. The maximum absolute atomic E-state index is 5.32.